The lowest BCUT2D eigenvalue weighted by atomic mass is 10.2. The van der Waals surface area contributed by atoms with Gasteiger partial charge in [0.05, 0.1) is 5.75 Å². The zero-order valence-corrected chi connectivity index (χ0v) is 12.3. The Morgan fingerprint density at radius 1 is 1.18 bits per heavy atom. The van der Waals surface area contributed by atoms with Crippen LogP contribution >= 0.6 is 0 Å². The number of sulfone groups is 1. The van der Waals surface area contributed by atoms with Gasteiger partial charge >= 0.3 is 0 Å². The predicted molar refractivity (Wildman–Crippen MR) is 73.9 cm³/mol. The molecule has 2 N–H and O–H groups in total. The molecule has 0 aliphatic carbocycles. The summed E-state index contributed by atoms with van der Waals surface area (Å²) in [6.07, 6.45) is 1.63. The maximum absolute atomic E-state index is 11.6. The normalized spacial score (nSPS) is 12.6. The van der Waals surface area contributed by atoms with Crippen LogP contribution in [0, 0.1) is 5.92 Å². The molecule has 0 bridgehead atoms. The molecular formula is C12H28N2O2S. The van der Waals surface area contributed by atoms with E-state index in [2.05, 4.69) is 18.7 Å². The highest BCUT2D eigenvalue weighted by Gasteiger charge is 2.13. The van der Waals surface area contributed by atoms with Crippen molar-refractivity contribution >= 4 is 9.84 Å². The van der Waals surface area contributed by atoms with Crippen LogP contribution in [0.3, 0.4) is 0 Å². The fourth-order valence-electron chi connectivity index (χ4n) is 1.81. The smallest absolute Gasteiger partial charge is 0.151 e. The summed E-state index contributed by atoms with van der Waals surface area (Å²) in [4.78, 5) is 2.21. The Balaban J connectivity index is 4.14. The topological polar surface area (TPSA) is 63.4 Å². The molecule has 0 aliphatic rings. The molecule has 0 saturated heterocycles. The first kappa shape index (κ1) is 16.9. The fraction of sp³-hybridized carbons (Fsp3) is 1.00. The first-order valence-electron chi connectivity index (χ1n) is 6.54. The molecule has 0 heterocycles. The third kappa shape index (κ3) is 9.56. The standard InChI is InChI=1S/C12H28N2O2S/c1-4-9-17(15,16)10-8-14(7-5-6-13)11-12(2)3/h12H,4-11,13H2,1-3H3. The summed E-state index contributed by atoms with van der Waals surface area (Å²) in [5, 5.41) is 0. The Morgan fingerprint density at radius 2 is 1.82 bits per heavy atom. The van der Waals surface area contributed by atoms with Gasteiger partial charge in [-0.2, -0.15) is 0 Å². The zero-order valence-electron chi connectivity index (χ0n) is 11.5. The van der Waals surface area contributed by atoms with Crippen molar-refractivity contribution in [2.75, 3.05) is 37.7 Å². The van der Waals surface area contributed by atoms with Gasteiger partial charge in [-0.05, 0) is 31.8 Å². The van der Waals surface area contributed by atoms with E-state index < -0.39 is 9.84 Å². The summed E-state index contributed by atoms with van der Waals surface area (Å²) in [6, 6.07) is 0. The van der Waals surface area contributed by atoms with Crippen molar-refractivity contribution in [3.8, 4) is 0 Å². The van der Waals surface area contributed by atoms with Gasteiger partial charge in [0.1, 0.15) is 0 Å². The first-order chi connectivity index (χ1) is 7.91. The van der Waals surface area contributed by atoms with E-state index >= 15 is 0 Å². The molecule has 5 heteroatoms. The molecule has 0 aromatic carbocycles. The van der Waals surface area contributed by atoms with Crippen LogP contribution in [0.15, 0.2) is 0 Å². The summed E-state index contributed by atoms with van der Waals surface area (Å²) < 4.78 is 23.3. The lowest BCUT2D eigenvalue weighted by Gasteiger charge is -2.23. The number of hydrogen-bond donors (Lipinski definition) is 1. The van der Waals surface area contributed by atoms with E-state index in [1.165, 1.54) is 0 Å². The molecule has 17 heavy (non-hydrogen) atoms. The van der Waals surface area contributed by atoms with E-state index in [4.69, 9.17) is 5.73 Å². The molecule has 0 amide bonds. The minimum absolute atomic E-state index is 0.276. The van der Waals surface area contributed by atoms with Gasteiger partial charge < -0.3 is 10.6 Å². The van der Waals surface area contributed by atoms with Crippen molar-refractivity contribution in [1.29, 1.82) is 0 Å². The van der Waals surface area contributed by atoms with Crippen LogP contribution in [0.2, 0.25) is 0 Å². The third-order valence-electron chi connectivity index (χ3n) is 2.54. The van der Waals surface area contributed by atoms with Crippen molar-refractivity contribution < 1.29 is 8.42 Å². The molecule has 0 saturated carbocycles. The van der Waals surface area contributed by atoms with Crippen molar-refractivity contribution in [3.05, 3.63) is 0 Å². The molecule has 4 nitrogen and oxygen atoms in total. The Kier molecular flexibility index (Phi) is 8.82. The van der Waals surface area contributed by atoms with E-state index in [9.17, 15) is 8.42 Å². The first-order valence-corrected chi connectivity index (χ1v) is 8.36. The average Bonchev–Trinajstić information content (AvgIpc) is 2.21. The van der Waals surface area contributed by atoms with Crippen LogP contribution in [0.25, 0.3) is 0 Å². The molecule has 0 aromatic heterocycles. The van der Waals surface area contributed by atoms with Crippen molar-refractivity contribution in [2.24, 2.45) is 11.7 Å². The Morgan fingerprint density at radius 3 is 2.29 bits per heavy atom. The van der Waals surface area contributed by atoms with Gasteiger partial charge in [0.2, 0.25) is 0 Å². The van der Waals surface area contributed by atoms with E-state index in [-0.39, 0.29) is 5.75 Å². The van der Waals surface area contributed by atoms with Crippen molar-refractivity contribution in [1.82, 2.24) is 4.90 Å². The van der Waals surface area contributed by atoms with Gasteiger partial charge in [-0.15, -0.1) is 0 Å². The lowest BCUT2D eigenvalue weighted by Crippen LogP contribution is -2.34. The van der Waals surface area contributed by atoms with Crippen LogP contribution in [0.4, 0.5) is 0 Å². The molecule has 0 spiro atoms. The summed E-state index contributed by atoms with van der Waals surface area (Å²) in [5.41, 5.74) is 5.49. The Hall–Kier alpha value is -0.130. The third-order valence-corrected chi connectivity index (χ3v) is 4.37. The number of rotatable bonds is 10. The number of nitrogens with zero attached hydrogens (tertiary/aromatic N) is 1. The number of nitrogens with two attached hydrogens (primary N) is 1. The Labute approximate surface area is 106 Å². The summed E-state index contributed by atoms with van der Waals surface area (Å²) in [5.74, 6) is 1.14. The van der Waals surface area contributed by atoms with Crippen LogP contribution < -0.4 is 5.73 Å². The van der Waals surface area contributed by atoms with Crippen LogP contribution in [0.1, 0.15) is 33.6 Å². The molecule has 0 rings (SSSR count). The highest BCUT2D eigenvalue weighted by atomic mass is 32.2. The molecule has 0 fully saturated rings. The molecule has 104 valence electrons. The lowest BCUT2D eigenvalue weighted by molar-refractivity contribution is 0.255. The minimum atomic E-state index is -2.86. The van der Waals surface area contributed by atoms with Gasteiger partial charge in [0, 0.05) is 18.8 Å². The maximum Gasteiger partial charge on any atom is 0.151 e. The summed E-state index contributed by atoms with van der Waals surface area (Å²) in [7, 11) is -2.86. The Bertz CT molecular complexity index is 276. The molecule has 0 unspecified atom stereocenters. The highest BCUT2D eigenvalue weighted by Crippen LogP contribution is 2.02. The minimum Gasteiger partial charge on any atom is -0.330 e. The fourth-order valence-corrected chi connectivity index (χ4v) is 3.17. The highest BCUT2D eigenvalue weighted by molar-refractivity contribution is 7.91. The van der Waals surface area contributed by atoms with E-state index in [0.717, 1.165) is 19.5 Å². The van der Waals surface area contributed by atoms with Gasteiger partial charge in [0.15, 0.2) is 9.84 Å². The molecule has 0 aromatic rings. The van der Waals surface area contributed by atoms with Gasteiger partial charge in [-0.3, -0.25) is 0 Å². The molecule has 0 aliphatic heterocycles. The van der Waals surface area contributed by atoms with E-state index in [1.807, 2.05) is 6.92 Å². The maximum atomic E-state index is 11.6. The molecule has 0 atom stereocenters. The van der Waals surface area contributed by atoms with Crippen LogP contribution in [-0.4, -0.2) is 51.0 Å². The average molecular weight is 264 g/mol. The van der Waals surface area contributed by atoms with Gasteiger partial charge in [-0.25, -0.2) is 8.42 Å². The second kappa shape index (κ2) is 8.89. The van der Waals surface area contributed by atoms with Crippen molar-refractivity contribution in [2.45, 2.75) is 33.6 Å². The van der Waals surface area contributed by atoms with E-state index in [0.29, 0.717) is 31.2 Å². The van der Waals surface area contributed by atoms with Crippen molar-refractivity contribution in [3.63, 3.8) is 0 Å². The number of hydrogen-bond acceptors (Lipinski definition) is 4. The van der Waals surface area contributed by atoms with Gasteiger partial charge in [-0.1, -0.05) is 20.8 Å². The molecular weight excluding hydrogens is 236 g/mol. The second-order valence-corrected chi connectivity index (χ2v) is 7.29. The van der Waals surface area contributed by atoms with Crippen LogP contribution in [0.5, 0.6) is 0 Å². The van der Waals surface area contributed by atoms with Crippen LogP contribution in [-0.2, 0) is 9.84 Å². The predicted octanol–water partition coefficient (Wildman–Crippen LogP) is 1.12. The zero-order chi connectivity index (χ0) is 13.3. The SMILES string of the molecule is CCCS(=O)(=O)CCN(CCCN)CC(C)C. The largest absolute Gasteiger partial charge is 0.330 e. The quantitative estimate of drug-likeness (QED) is 0.642. The van der Waals surface area contributed by atoms with Gasteiger partial charge in [0.25, 0.3) is 0 Å². The van der Waals surface area contributed by atoms with E-state index in [1.54, 1.807) is 0 Å². The second-order valence-electron chi connectivity index (χ2n) is 4.99. The molecule has 0 radical (unpaired) electrons. The summed E-state index contributed by atoms with van der Waals surface area (Å²) >= 11 is 0. The monoisotopic (exact) mass is 264 g/mol. The summed E-state index contributed by atoms with van der Waals surface area (Å²) in [6.45, 7) is 9.35.